The van der Waals surface area contributed by atoms with E-state index in [1.807, 2.05) is 6.92 Å². The van der Waals surface area contributed by atoms with Crippen LogP contribution in [-0.2, 0) is 14.3 Å². The number of carbonyl (C=O) groups is 2. The number of allylic oxidation sites excluding steroid dienone is 3. The zero-order chi connectivity index (χ0) is 20.1. The van der Waals surface area contributed by atoms with Crippen LogP contribution in [0.3, 0.4) is 0 Å². The first-order valence-corrected chi connectivity index (χ1v) is 11.2. The maximum Gasteiger partial charge on any atom is 0.330 e. The molecule has 3 aliphatic heterocycles. The Balaban J connectivity index is 1.79. The first-order valence-electron chi connectivity index (χ1n) is 10.2. The Hall–Kier alpha value is -1.31. The summed E-state index contributed by atoms with van der Waals surface area (Å²) < 4.78 is 11.8. The van der Waals surface area contributed by atoms with E-state index < -0.39 is 17.9 Å². The maximum absolute atomic E-state index is 12.3. The number of fused-ring (bicyclic) bond motifs is 2. The van der Waals surface area contributed by atoms with Gasteiger partial charge in [-0.2, -0.15) is 0 Å². The van der Waals surface area contributed by atoms with Gasteiger partial charge in [-0.05, 0) is 44.9 Å². The fraction of sp³-hybridized carbons (Fsp3) is 0.714. The standard InChI is InChI=1S/C21H31NO5S/c1-14-5-3-4-6-15(2)11-19(23)26-17-12-16(8-7-14)27-21(25,13-17)18-9-10-28-20(24)22-18/h3,5,11,14,16-18,25H,4,6-10,12-13H2,1-2H3,(H,22,24)/b5-3-,15-11-/t14-,16?,17-,18+,21-/m1/s1. The lowest BCUT2D eigenvalue weighted by Gasteiger charge is -2.46. The Labute approximate surface area is 171 Å². The Morgan fingerprint density at radius 3 is 2.86 bits per heavy atom. The van der Waals surface area contributed by atoms with Crippen molar-refractivity contribution >= 4 is 23.0 Å². The summed E-state index contributed by atoms with van der Waals surface area (Å²) >= 11 is 1.21. The minimum Gasteiger partial charge on any atom is -0.459 e. The SMILES string of the molecule is C/C1=C/C(=O)O[C@@H]2CC(CC[C@H](C)/C=C\CC1)O[C@@](O)([C@@H]1CCSC(=O)N1)C2. The molecule has 3 heterocycles. The Kier molecular flexibility index (Phi) is 7.23. The van der Waals surface area contributed by atoms with E-state index >= 15 is 0 Å². The number of aliphatic hydroxyl groups is 1. The molecular formula is C21H31NO5S. The number of hydrogen-bond donors (Lipinski definition) is 2. The van der Waals surface area contributed by atoms with Crippen molar-refractivity contribution in [3.63, 3.8) is 0 Å². The minimum absolute atomic E-state index is 0.150. The number of rotatable bonds is 1. The molecule has 0 saturated carbocycles. The van der Waals surface area contributed by atoms with Crippen molar-refractivity contribution in [2.45, 2.75) is 82.8 Å². The topological polar surface area (TPSA) is 84.9 Å². The van der Waals surface area contributed by atoms with Crippen molar-refractivity contribution in [1.82, 2.24) is 5.32 Å². The second-order valence-corrected chi connectivity index (χ2v) is 9.28. The molecule has 0 aromatic heterocycles. The molecular weight excluding hydrogens is 378 g/mol. The van der Waals surface area contributed by atoms with Gasteiger partial charge in [-0.25, -0.2) is 4.79 Å². The molecule has 1 amide bonds. The van der Waals surface area contributed by atoms with Crippen LogP contribution in [-0.4, -0.2) is 46.1 Å². The smallest absolute Gasteiger partial charge is 0.330 e. The first-order chi connectivity index (χ1) is 13.3. The van der Waals surface area contributed by atoms with Crippen LogP contribution in [0.4, 0.5) is 4.79 Å². The average Bonchev–Trinajstić information content (AvgIpc) is 2.62. The fourth-order valence-corrected chi connectivity index (χ4v) is 4.86. The second kappa shape index (κ2) is 9.46. The summed E-state index contributed by atoms with van der Waals surface area (Å²) in [7, 11) is 0. The van der Waals surface area contributed by atoms with E-state index in [0.29, 0.717) is 24.5 Å². The zero-order valence-corrected chi connectivity index (χ0v) is 17.5. The van der Waals surface area contributed by atoms with Crippen LogP contribution in [0.5, 0.6) is 0 Å². The molecule has 2 saturated heterocycles. The highest BCUT2D eigenvalue weighted by atomic mass is 32.2. The minimum atomic E-state index is -1.51. The zero-order valence-electron chi connectivity index (χ0n) is 16.7. The van der Waals surface area contributed by atoms with Crippen LogP contribution in [0.15, 0.2) is 23.8 Å². The van der Waals surface area contributed by atoms with Gasteiger partial charge in [-0.15, -0.1) is 0 Å². The van der Waals surface area contributed by atoms with Crippen molar-refractivity contribution in [2.75, 3.05) is 5.75 Å². The summed E-state index contributed by atoms with van der Waals surface area (Å²) in [6.07, 6.45) is 10.1. The lowest BCUT2D eigenvalue weighted by molar-refractivity contribution is -0.287. The molecule has 3 aliphatic rings. The van der Waals surface area contributed by atoms with Crippen molar-refractivity contribution < 1.29 is 24.2 Å². The van der Waals surface area contributed by atoms with Gasteiger partial charge in [0.25, 0.3) is 5.24 Å². The van der Waals surface area contributed by atoms with Gasteiger partial charge in [0.1, 0.15) is 6.10 Å². The Morgan fingerprint density at radius 2 is 2.07 bits per heavy atom. The lowest BCUT2D eigenvalue weighted by Crippen LogP contribution is -2.60. The molecule has 7 heteroatoms. The summed E-state index contributed by atoms with van der Waals surface area (Å²) in [5.41, 5.74) is 0.981. The number of amides is 1. The Morgan fingerprint density at radius 1 is 1.25 bits per heavy atom. The van der Waals surface area contributed by atoms with E-state index in [-0.39, 0.29) is 23.7 Å². The fourth-order valence-electron chi connectivity index (χ4n) is 4.10. The van der Waals surface area contributed by atoms with E-state index in [2.05, 4.69) is 24.4 Å². The molecule has 2 N–H and O–H groups in total. The summed E-state index contributed by atoms with van der Waals surface area (Å²) in [5.74, 6) is -0.832. The van der Waals surface area contributed by atoms with Crippen LogP contribution < -0.4 is 5.32 Å². The largest absolute Gasteiger partial charge is 0.459 e. The molecule has 28 heavy (non-hydrogen) atoms. The maximum atomic E-state index is 12.3. The molecule has 6 nitrogen and oxygen atoms in total. The second-order valence-electron chi connectivity index (χ2n) is 8.22. The first kappa shape index (κ1) is 21.4. The van der Waals surface area contributed by atoms with Gasteiger partial charge in [0, 0.05) is 24.7 Å². The predicted molar refractivity (Wildman–Crippen MR) is 109 cm³/mol. The monoisotopic (exact) mass is 409 g/mol. The summed E-state index contributed by atoms with van der Waals surface area (Å²) in [5, 5.41) is 13.9. The molecule has 0 aromatic carbocycles. The third-order valence-corrected chi connectivity index (χ3v) is 6.47. The number of hydrogen-bond acceptors (Lipinski definition) is 6. The molecule has 0 radical (unpaired) electrons. The number of nitrogens with one attached hydrogen (secondary N) is 1. The van der Waals surface area contributed by atoms with Crippen LogP contribution in [0.25, 0.3) is 0 Å². The summed E-state index contributed by atoms with van der Waals surface area (Å²) in [4.78, 5) is 24.1. The molecule has 0 aliphatic carbocycles. The van der Waals surface area contributed by atoms with Gasteiger partial charge in [-0.1, -0.05) is 36.4 Å². The molecule has 0 aromatic rings. The highest BCUT2D eigenvalue weighted by Gasteiger charge is 2.48. The number of ether oxygens (including phenoxy) is 2. The van der Waals surface area contributed by atoms with E-state index in [1.54, 1.807) is 6.08 Å². The van der Waals surface area contributed by atoms with E-state index in [0.717, 1.165) is 31.3 Å². The quantitative estimate of drug-likeness (QED) is 0.507. The van der Waals surface area contributed by atoms with Crippen molar-refractivity contribution in [1.29, 1.82) is 0 Å². The van der Waals surface area contributed by atoms with E-state index in [9.17, 15) is 14.7 Å². The lowest BCUT2D eigenvalue weighted by atomic mass is 9.89. The van der Waals surface area contributed by atoms with Gasteiger partial charge >= 0.3 is 5.97 Å². The van der Waals surface area contributed by atoms with Gasteiger partial charge in [0.05, 0.1) is 12.1 Å². The van der Waals surface area contributed by atoms with E-state index in [4.69, 9.17) is 9.47 Å². The molecule has 2 fully saturated rings. The third-order valence-electron chi connectivity index (χ3n) is 5.65. The molecule has 0 spiro atoms. The van der Waals surface area contributed by atoms with Crippen LogP contribution in [0, 0.1) is 5.92 Å². The van der Waals surface area contributed by atoms with Gasteiger partial charge in [-0.3, -0.25) is 4.79 Å². The molecule has 3 rings (SSSR count). The van der Waals surface area contributed by atoms with Crippen molar-refractivity contribution in [2.24, 2.45) is 5.92 Å². The van der Waals surface area contributed by atoms with Crippen LogP contribution >= 0.6 is 11.8 Å². The highest BCUT2D eigenvalue weighted by Crippen LogP contribution is 2.36. The number of esters is 1. The van der Waals surface area contributed by atoms with Crippen molar-refractivity contribution in [3.8, 4) is 0 Å². The van der Waals surface area contributed by atoms with Crippen molar-refractivity contribution in [3.05, 3.63) is 23.8 Å². The molecule has 5 atom stereocenters. The van der Waals surface area contributed by atoms with Gasteiger partial charge in [0.2, 0.25) is 0 Å². The highest BCUT2D eigenvalue weighted by molar-refractivity contribution is 8.13. The third kappa shape index (κ3) is 5.84. The number of thioether (sulfide) groups is 1. The van der Waals surface area contributed by atoms with Crippen LogP contribution in [0.2, 0.25) is 0 Å². The van der Waals surface area contributed by atoms with Gasteiger partial charge < -0.3 is 19.9 Å². The average molecular weight is 410 g/mol. The number of carbonyl (C=O) groups excluding carboxylic acids is 2. The summed E-state index contributed by atoms with van der Waals surface area (Å²) in [6, 6.07) is -0.487. The van der Waals surface area contributed by atoms with Crippen LogP contribution in [0.1, 0.15) is 58.8 Å². The van der Waals surface area contributed by atoms with Gasteiger partial charge in [0.15, 0.2) is 5.79 Å². The predicted octanol–water partition coefficient (Wildman–Crippen LogP) is 3.69. The normalized spacial score (nSPS) is 41.0. The molecule has 1 unspecified atom stereocenters. The van der Waals surface area contributed by atoms with E-state index in [1.165, 1.54) is 11.8 Å². The molecule has 2 bridgehead atoms. The Bertz CT molecular complexity index is 649. The summed E-state index contributed by atoms with van der Waals surface area (Å²) in [6.45, 7) is 4.11. The molecule has 156 valence electrons.